The number of phenols is 1. The second-order valence-electron chi connectivity index (χ2n) is 8.42. The largest absolute Gasteiger partial charge is 0.503 e. The first-order valence-corrected chi connectivity index (χ1v) is 13.2. The van der Waals surface area contributed by atoms with Crippen LogP contribution in [0.5, 0.6) is 11.5 Å². The van der Waals surface area contributed by atoms with Crippen molar-refractivity contribution in [2.24, 2.45) is 4.99 Å². The van der Waals surface area contributed by atoms with Gasteiger partial charge in [0.25, 0.3) is 5.56 Å². The molecule has 188 valence electrons. The lowest BCUT2D eigenvalue weighted by Crippen LogP contribution is -2.40. The molecule has 3 aromatic carbocycles. The van der Waals surface area contributed by atoms with Gasteiger partial charge >= 0.3 is 5.97 Å². The van der Waals surface area contributed by atoms with E-state index in [2.05, 4.69) is 20.9 Å². The molecule has 0 radical (unpaired) electrons. The number of methoxy groups -OCH3 is 1. The van der Waals surface area contributed by atoms with Gasteiger partial charge in [-0.15, -0.1) is 0 Å². The quantitative estimate of drug-likeness (QED) is 0.354. The molecule has 0 aliphatic carbocycles. The number of thiazole rings is 1. The standard InChI is InChI=1S/C28H23BrN2O5S/c1-4-36-27(34)23-15(2)30-28-31(24(23)19-11-7-9-17-8-5-6-10-18(17)19)26(33)22(37-28)14-16-12-20(29)25(32)21(13-16)35-3/h5-14,24,32H,4H2,1-3H3/b22-14+/t24-/m1/s1. The minimum absolute atomic E-state index is 0.0215. The van der Waals surface area contributed by atoms with Gasteiger partial charge in [0, 0.05) is 0 Å². The lowest BCUT2D eigenvalue weighted by molar-refractivity contribution is -0.139. The molecule has 1 aromatic heterocycles. The van der Waals surface area contributed by atoms with Crippen molar-refractivity contribution in [1.29, 1.82) is 0 Å². The molecule has 1 N–H and O–H groups in total. The molecule has 0 fully saturated rings. The Hall–Kier alpha value is -3.69. The number of carbonyl (C=O) groups excluding carboxylic acids is 1. The Bertz CT molecular complexity index is 1760. The molecule has 1 aliphatic heterocycles. The Labute approximate surface area is 224 Å². The van der Waals surface area contributed by atoms with Crippen molar-refractivity contribution in [1.82, 2.24) is 4.57 Å². The zero-order valence-electron chi connectivity index (χ0n) is 20.3. The van der Waals surface area contributed by atoms with Crippen LogP contribution in [0.25, 0.3) is 16.8 Å². The summed E-state index contributed by atoms with van der Waals surface area (Å²) >= 11 is 4.57. The maximum atomic E-state index is 13.9. The van der Waals surface area contributed by atoms with Crippen LogP contribution in [-0.4, -0.2) is 29.4 Å². The number of nitrogens with zero attached hydrogens (tertiary/aromatic N) is 2. The van der Waals surface area contributed by atoms with Gasteiger partial charge in [0.2, 0.25) is 0 Å². The molecule has 0 unspecified atom stereocenters. The highest BCUT2D eigenvalue weighted by Gasteiger charge is 2.34. The van der Waals surface area contributed by atoms with Crippen LogP contribution in [0.3, 0.4) is 0 Å². The average molecular weight is 579 g/mol. The van der Waals surface area contributed by atoms with Crippen molar-refractivity contribution < 1.29 is 19.4 Å². The van der Waals surface area contributed by atoms with E-state index in [1.165, 1.54) is 18.4 Å². The first-order valence-electron chi connectivity index (χ1n) is 11.6. The molecule has 37 heavy (non-hydrogen) atoms. The Kier molecular flexibility index (Phi) is 6.74. The van der Waals surface area contributed by atoms with Crippen LogP contribution in [-0.2, 0) is 9.53 Å². The van der Waals surface area contributed by atoms with Crippen molar-refractivity contribution in [3.8, 4) is 11.5 Å². The molecule has 7 nitrogen and oxygen atoms in total. The first kappa shape index (κ1) is 25.0. The van der Waals surface area contributed by atoms with E-state index in [0.717, 1.165) is 16.3 Å². The van der Waals surface area contributed by atoms with Gasteiger partial charge in [-0.3, -0.25) is 9.36 Å². The Morgan fingerprint density at radius 2 is 1.97 bits per heavy atom. The van der Waals surface area contributed by atoms with E-state index in [4.69, 9.17) is 9.47 Å². The predicted octanol–water partition coefficient (Wildman–Crippen LogP) is 4.43. The number of ether oxygens (including phenoxy) is 2. The van der Waals surface area contributed by atoms with E-state index in [-0.39, 0.29) is 23.7 Å². The lowest BCUT2D eigenvalue weighted by Gasteiger charge is -2.25. The van der Waals surface area contributed by atoms with Crippen molar-refractivity contribution >= 4 is 50.1 Å². The van der Waals surface area contributed by atoms with E-state index < -0.39 is 12.0 Å². The summed E-state index contributed by atoms with van der Waals surface area (Å²) < 4.78 is 13.1. The Balaban J connectivity index is 1.79. The fourth-order valence-corrected chi connectivity index (χ4v) is 6.07. The summed E-state index contributed by atoms with van der Waals surface area (Å²) in [5.74, 6) is -0.239. The Morgan fingerprint density at radius 1 is 1.22 bits per heavy atom. The summed E-state index contributed by atoms with van der Waals surface area (Å²) in [5, 5.41) is 12.1. The van der Waals surface area contributed by atoms with Crippen molar-refractivity contribution in [2.45, 2.75) is 19.9 Å². The predicted molar refractivity (Wildman–Crippen MR) is 147 cm³/mol. The third-order valence-electron chi connectivity index (χ3n) is 6.20. The number of fused-ring (bicyclic) bond motifs is 2. The van der Waals surface area contributed by atoms with Crippen LogP contribution in [0, 0.1) is 0 Å². The van der Waals surface area contributed by atoms with Gasteiger partial charge in [-0.2, -0.15) is 0 Å². The lowest BCUT2D eigenvalue weighted by atomic mass is 9.91. The number of allylic oxidation sites excluding steroid dienone is 1. The smallest absolute Gasteiger partial charge is 0.338 e. The number of benzene rings is 3. The van der Waals surface area contributed by atoms with Crippen LogP contribution in [0.4, 0.5) is 0 Å². The fourth-order valence-electron chi connectivity index (χ4n) is 4.56. The van der Waals surface area contributed by atoms with E-state index in [1.54, 1.807) is 36.6 Å². The van der Waals surface area contributed by atoms with E-state index in [9.17, 15) is 14.7 Å². The maximum absolute atomic E-state index is 13.9. The summed E-state index contributed by atoms with van der Waals surface area (Å²) in [6.45, 7) is 3.73. The monoisotopic (exact) mass is 578 g/mol. The molecule has 0 amide bonds. The molecule has 1 aliphatic rings. The van der Waals surface area contributed by atoms with Gasteiger partial charge in [0.1, 0.15) is 0 Å². The van der Waals surface area contributed by atoms with Gasteiger partial charge in [-0.25, -0.2) is 9.79 Å². The van der Waals surface area contributed by atoms with E-state index in [1.807, 2.05) is 42.5 Å². The number of hydrogen-bond donors (Lipinski definition) is 1. The van der Waals surface area contributed by atoms with Gasteiger partial charge in [0.05, 0.1) is 40.0 Å². The highest BCUT2D eigenvalue weighted by molar-refractivity contribution is 9.10. The number of aromatic nitrogens is 1. The van der Waals surface area contributed by atoms with Crippen molar-refractivity contribution in [3.63, 3.8) is 0 Å². The third kappa shape index (κ3) is 4.38. The van der Waals surface area contributed by atoms with Crippen LogP contribution in [0.2, 0.25) is 0 Å². The molecule has 0 saturated heterocycles. The molecule has 0 spiro atoms. The summed E-state index contributed by atoms with van der Waals surface area (Å²) in [6, 6.07) is 16.4. The van der Waals surface area contributed by atoms with Gasteiger partial charge in [-0.05, 0) is 69.9 Å². The average Bonchev–Trinajstić information content (AvgIpc) is 3.19. The molecule has 4 aromatic rings. The molecule has 9 heteroatoms. The molecule has 5 rings (SSSR count). The van der Waals surface area contributed by atoms with Crippen LogP contribution < -0.4 is 19.6 Å². The van der Waals surface area contributed by atoms with Crippen LogP contribution in [0.1, 0.15) is 31.0 Å². The summed E-state index contributed by atoms with van der Waals surface area (Å²) in [5.41, 5.74) is 2.05. The Morgan fingerprint density at radius 3 is 2.73 bits per heavy atom. The topological polar surface area (TPSA) is 90.1 Å². The van der Waals surface area contributed by atoms with Crippen LogP contribution >= 0.6 is 27.3 Å². The molecule has 0 bridgehead atoms. The highest BCUT2D eigenvalue weighted by Crippen LogP contribution is 2.36. The van der Waals surface area contributed by atoms with Crippen LogP contribution in [0.15, 0.2) is 80.1 Å². The normalized spacial score (nSPS) is 15.5. The second-order valence-corrected chi connectivity index (χ2v) is 10.3. The number of hydrogen-bond acceptors (Lipinski definition) is 7. The zero-order valence-corrected chi connectivity index (χ0v) is 22.7. The number of phenolic OH excluding ortho intramolecular Hbond substituents is 1. The first-order chi connectivity index (χ1) is 17.8. The van der Waals surface area contributed by atoms with E-state index in [0.29, 0.717) is 30.6 Å². The SMILES string of the molecule is CCOC(=O)C1=C(C)N=c2s/c(=C/c3cc(Br)c(O)c(OC)c3)c(=O)n2[C@@H]1c1cccc2ccccc12. The molecule has 0 saturated carbocycles. The van der Waals surface area contributed by atoms with Gasteiger partial charge in [0.15, 0.2) is 16.3 Å². The molecular formula is C28H23BrN2O5S. The number of rotatable bonds is 5. The van der Waals surface area contributed by atoms with E-state index >= 15 is 0 Å². The minimum atomic E-state index is -0.704. The summed E-state index contributed by atoms with van der Waals surface area (Å²) in [4.78, 5) is 32.2. The summed E-state index contributed by atoms with van der Waals surface area (Å²) in [6.07, 6.45) is 1.72. The summed E-state index contributed by atoms with van der Waals surface area (Å²) in [7, 11) is 1.46. The van der Waals surface area contributed by atoms with Crippen molar-refractivity contribution in [3.05, 3.63) is 101 Å². The minimum Gasteiger partial charge on any atom is -0.503 e. The number of aromatic hydroxyl groups is 1. The number of halogens is 1. The van der Waals surface area contributed by atoms with Gasteiger partial charge in [-0.1, -0.05) is 53.8 Å². The molecule has 1 atom stereocenters. The highest BCUT2D eigenvalue weighted by atomic mass is 79.9. The maximum Gasteiger partial charge on any atom is 0.338 e. The third-order valence-corrected chi connectivity index (χ3v) is 7.79. The zero-order chi connectivity index (χ0) is 26.3. The second kappa shape index (κ2) is 9.99. The fraction of sp³-hybridized carbons (Fsp3) is 0.179. The molecule has 2 heterocycles. The van der Waals surface area contributed by atoms with Crippen molar-refractivity contribution in [2.75, 3.05) is 13.7 Å². The van der Waals surface area contributed by atoms with Gasteiger partial charge < -0.3 is 14.6 Å². The molecular weight excluding hydrogens is 556 g/mol. The number of carbonyl (C=O) groups is 1. The number of esters is 1.